The van der Waals surface area contributed by atoms with Gasteiger partial charge in [0.15, 0.2) is 0 Å². The van der Waals surface area contributed by atoms with Crippen molar-refractivity contribution in [3.05, 3.63) is 139 Å². The summed E-state index contributed by atoms with van der Waals surface area (Å²) in [6.45, 7) is 21.1. The Morgan fingerprint density at radius 2 is 1.22 bits per heavy atom. The molecule has 1 aliphatic rings. The van der Waals surface area contributed by atoms with Gasteiger partial charge in [0.1, 0.15) is 30.6 Å². The van der Waals surface area contributed by atoms with Crippen LogP contribution < -0.4 is 11.2 Å². The number of nitrogens with zero attached hydrogens (tertiary/aromatic N) is 2. The Morgan fingerprint density at radius 3 is 1.64 bits per heavy atom. The molecule has 55 heavy (non-hydrogen) atoms. The summed E-state index contributed by atoms with van der Waals surface area (Å²) < 4.78 is 39.4. The Morgan fingerprint density at radius 1 is 0.782 bits per heavy atom. The molecule has 0 radical (unpaired) electrons. The lowest BCUT2D eigenvalue weighted by Gasteiger charge is -2.38. The molecule has 2 heterocycles. The fourth-order valence-corrected chi connectivity index (χ4v) is 7.56. The molecule has 0 amide bonds. The number of H-pyrrole nitrogens is 1. The highest BCUT2D eigenvalue weighted by Crippen LogP contribution is 2.45. The summed E-state index contributed by atoms with van der Waals surface area (Å²) in [5.41, 5.74) is 4.06. The van der Waals surface area contributed by atoms with E-state index in [0.717, 1.165) is 16.7 Å². The van der Waals surface area contributed by atoms with E-state index in [2.05, 4.69) is 140 Å². The number of aryl methyl sites for hydroxylation is 1. The third kappa shape index (κ3) is 9.60. The lowest BCUT2D eigenvalue weighted by Crippen LogP contribution is -2.38. The Hall–Kier alpha value is -4.23. The summed E-state index contributed by atoms with van der Waals surface area (Å²) in [5, 5.41) is 8.97. The van der Waals surface area contributed by atoms with Crippen molar-refractivity contribution >= 4 is 8.25 Å². The fourth-order valence-electron chi connectivity index (χ4n) is 6.81. The standard InChI is InChI=1S/C44H54N3O7P/c1-29-27-47(40(49)46-39(29)48)38-26-36(54-55(50)52-25-11-24-45)37(53-38)28-51-44(33-18-12-30(13-19-33)41(2,3)4,34-20-14-31(15-21-34)42(5,6)7)35-22-16-32(17-23-35)43(8,9)10/h12-23,27,36-38H,11,25-26,28H2,1-10H3/p+1/t36-,37+,38+/m0/s1. The SMILES string of the molecule is Cc1cn([C@H]2C[C@H](O[P+](=O)OCCC#N)[C@@H](COC(c3ccc(C(C)(C)C)cc3)(c3ccc(C(C)(C)C)cc3)c3ccc(C(C)(C)C)cc3)O2)c(=O)[nH]c1=O. The molecule has 0 spiro atoms. The fraction of sp³-hybridized carbons (Fsp3) is 0.477. The van der Waals surface area contributed by atoms with Crippen LogP contribution in [-0.2, 0) is 44.9 Å². The van der Waals surface area contributed by atoms with Gasteiger partial charge in [0.05, 0.1) is 19.1 Å². The van der Waals surface area contributed by atoms with E-state index in [9.17, 15) is 14.2 Å². The number of nitrogens with one attached hydrogen (secondary N) is 1. The first-order chi connectivity index (χ1) is 25.7. The second-order valence-electron chi connectivity index (χ2n) is 17.4. The molecule has 1 N–H and O–H groups in total. The minimum Gasteiger partial charge on any atom is -0.358 e. The van der Waals surface area contributed by atoms with Gasteiger partial charge in [-0.3, -0.25) is 14.3 Å². The van der Waals surface area contributed by atoms with Crippen molar-refractivity contribution in [1.29, 1.82) is 5.26 Å². The van der Waals surface area contributed by atoms with Crippen LogP contribution in [0.5, 0.6) is 0 Å². The highest BCUT2D eigenvalue weighted by molar-refractivity contribution is 7.33. The number of benzene rings is 3. The average Bonchev–Trinajstić information content (AvgIpc) is 3.51. The number of aromatic nitrogens is 2. The highest BCUT2D eigenvalue weighted by Gasteiger charge is 2.46. The van der Waals surface area contributed by atoms with E-state index in [0.29, 0.717) is 5.56 Å². The van der Waals surface area contributed by atoms with Gasteiger partial charge in [0, 0.05) is 22.7 Å². The summed E-state index contributed by atoms with van der Waals surface area (Å²) >= 11 is 0. The molecule has 0 saturated carbocycles. The van der Waals surface area contributed by atoms with Crippen LogP contribution in [0.1, 0.15) is 120 Å². The Bertz CT molecular complexity index is 1970. The van der Waals surface area contributed by atoms with Crippen LogP contribution in [0.4, 0.5) is 0 Å². The minimum absolute atomic E-state index is 0.0390. The van der Waals surface area contributed by atoms with Gasteiger partial charge >= 0.3 is 13.9 Å². The van der Waals surface area contributed by atoms with Gasteiger partial charge in [0.25, 0.3) is 5.56 Å². The molecule has 4 atom stereocenters. The van der Waals surface area contributed by atoms with E-state index in [1.54, 1.807) is 6.92 Å². The maximum absolute atomic E-state index is 13.0. The predicted molar refractivity (Wildman–Crippen MR) is 215 cm³/mol. The topological polar surface area (TPSA) is 133 Å². The Kier molecular flexibility index (Phi) is 12.6. The number of nitriles is 1. The molecule has 3 aromatic carbocycles. The van der Waals surface area contributed by atoms with Gasteiger partial charge in [-0.2, -0.15) is 5.26 Å². The van der Waals surface area contributed by atoms with E-state index in [1.165, 1.54) is 27.5 Å². The number of rotatable bonds is 12. The number of aromatic amines is 1. The van der Waals surface area contributed by atoms with Crippen LogP contribution in [0.2, 0.25) is 0 Å². The molecule has 1 fully saturated rings. The summed E-state index contributed by atoms with van der Waals surface area (Å²) in [6.07, 6.45) is -0.895. The second kappa shape index (κ2) is 16.5. The monoisotopic (exact) mass is 768 g/mol. The van der Waals surface area contributed by atoms with Gasteiger partial charge in [-0.1, -0.05) is 135 Å². The van der Waals surface area contributed by atoms with Crippen molar-refractivity contribution in [2.75, 3.05) is 13.2 Å². The molecule has 1 saturated heterocycles. The number of ether oxygens (including phenoxy) is 2. The first-order valence-electron chi connectivity index (χ1n) is 18.8. The third-order valence-electron chi connectivity index (χ3n) is 10.2. The summed E-state index contributed by atoms with van der Waals surface area (Å²) in [6, 6.07) is 27.5. The van der Waals surface area contributed by atoms with Gasteiger partial charge in [-0.25, -0.2) is 4.79 Å². The summed E-state index contributed by atoms with van der Waals surface area (Å²) in [7, 11) is -2.63. The van der Waals surface area contributed by atoms with E-state index in [4.69, 9.17) is 23.8 Å². The first kappa shape index (κ1) is 41.9. The van der Waals surface area contributed by atoms with Gasteiger partial charge in [-0.15, -0.1) is 9.05 Å². The van der Waals surface area contributed by atoms with Crippen LogP contribution in [0.15, 0.2) is 88.6 Å². The third-order valence-corrected chi connectivity index (χ3v) is 11.0. The van der Waals surface area contributed by atoms with Crippen molar-refractivity contribution in [3.63, 3.8) is 0 Å². The van der Waals surface area contributed by atoms with E-state index >= 15 is 0 Å². The normalized spacial score (nSPS) is 18.3. The molecule has 0 aliphatic carbocycles. The smallest absolute Gasteiger partial charge is 0.358 e. The molecule has 1 aromatic heterocycles. The van der Waals surface area contributed by atoms with Gasteiger partial charge < -0.3 is 9.47 Å². The van der Waals surface area contributed by atoms with Crippen LogP contribution in [0.25, 0.3) is 0 Å². The second-order valence-corrected chi connectivity index (χ2v) is 18.3. The van der Waals surface area contributed by atoms with Crippen LogP contribution in [0.3, 0.4) is 0 Å². The number of hydrogen-bond acceptors (Lipinski definition) is 8. The molecule has 1 aliphatic heterocycles. The Balaban J connectivity index is 1.65. The minimum atomic E-state index is -2.63. The molecule has 10 nitrogen and oxygen atoms in total. The largest absolute Gasteiger partial charge is 0.697 e. The molecule has 292 valence electrons. The van der Waals surface area contributed by atoms with Crippen molar-refractivity contribution in [2.45, 2.75) is 122 Å². The van der Waals surface area contributed by atoms with Crippen LogP contribution in [0, 0.1) is 18.3 Å². The lowest BCUT2D eigenvalue weighted by atomic mass is 9.76. The Labute approximate surface area is 325 Å². The van der Waals surface area contributed by atoms with Crippen molar-refractivity contribution in [2.24, 2.45) is 0 Å². The van der Waals surface area contributed by atoms with E-state index in [1.807, 2.05) is 6.07 Å². The molecular weight excluding hydrogens is 713 g/mol. The van der Waals surface area contributed by atoms with E-state index < -0.39 is 43.5 Å². The summed E-state index contributed by atoms with van der Waals surface area (Å²) in [4.78, 5) is 27.6. The maximum atomic E-state index is 13.0. The predicted octanol–water partition coefficient (Wildman–Crippen LogP) is 9.01. The zero-order valence-electron chi connectivity index (χ0n) is 33.8. The summed E-state index contributed by atoms with van der Waals surface area (Å²) in [5.74, 6) is 0. The lowest BCUT2D eigenvalue weighted by molar-refractivity contribution is -0.0920. The van der Waals surface area contributed by atoms with Gasteiger partial charge in [0.2, 0.25) is 0 Å². The zero-order valence-corrected chi connectivity index (χ0v) is 34.7. The molecule has 0 bridgehead atoms. The van der Waals surface area contributed by atoms with Crippen molar-refractivity contribution < 1.29 is 23.1 Å². The molecule has 11 heteroatoms. The molecule has 1 unspecified atom stereocenters. The molecule has 4 aromatic rings. The van der Waals surface area contributed by atoms with Crippen molar-refractivity contribution in [1.82, 2.24) is 9.55 Å². The maximum Gasteiger partial charge on any atom is 0.697 e. The first-order valence-corrected chi connectivity index (χ1v) is 19.9. The molecule has 5 rings (SSSR count). The highest BCUT2D eigenvalue weighted by atomic mass is 31.1. The van der Waals surface area contributed by atoms with Crippen molar-refractivity contribution in [3.8, 4) is 6.07 Å². The van der Waals surface area contributed by atoms with Crippen LogP contribution in [-0.4, -0.2) is 35.0 Å². The van der Waals surface area contributed by atoms with E-state index in [-0.39, 0.29) is 42.3 Å². The molecular formula is C44H55N3O7P+. The quantitative estimate of drug-likeness (QED) is 0.0858. The van der Waals surface area contributed by atoms with Gasteiger partial charge in [-0.05, 0) is 56.5 Å². The zero-order chi connectivity index (χ0) is 40.3. The van der Waals surface area contributed by atoms with Crippen LogP contribution >= 0.6 is 8.25 Å². The average molecular weight is 769 g/mol. The number of hydrogen-bond donors (Lipinski definition) is 1.